The Morgan fingerprint density at radius 3 is 1.65 bits per heavy atom. The number of halogens is 4. The molecule has 0 bridgehead atoms. The molecule has 0 aliphatic carbocycles. The standard InChI is InChI=1S/C39H33FN10O12S4.H2I3P.4Na/c1-21-15-23(42-39-44-37(40)43-38(45-39)41-22-5-8-25(9-6-22)50(2,3)4)7-12-32(21)47-49-33-13-14-34(29-18-26(63-61-59-51)10-11-28(29)33)48-46-24-16-30-31(35(17-24)65(53,54)55)19-27(64-62-60-52)20-36(30)66(56,57)58;1-3(2)4;;;;/h5-20H,1-4H3,(H5-,41,42,43,44,45,51,52,53,54,55,56,57,58);4H2;;;;/q;;4*+1/p-3. The van der Waals surface area contributed by atoms with E-state index in [1.165, 1.54) is 18.2 Å². The average Bonchev–Trinajstić information content (AvgIpc) is 3.27. The van der Waals surface area contributed by atoms with E-state index < -0.39 is 58.2 Å². The second-order valence-electron chi connectivity index (χ2n) is 14.8. The van der Waals surface area contributed by atoms with E-state index in [9.17, 15) is 40.8 Å². The van der Waals surface area contributed by atoms with Crippen LogP contribution in [0.25, 0.3) is 21.5 Å². The Bertz CT molecular complexity index is 3370. The van der Waals surface area contributed by atoms with Crippen molar-refractivity contribution in [3.05, 3.63) is 109 Å². The Labute approximate surface area is 548 Å². The summed E-state index contributed by atoms with van der Waals surface area (Å²) in [5.41, 5.74) is 3.41. The van der Waals surface area contributed by atoms with Gasteiger partial charge in [-0.2, -0.15) is 38.2 Å². The van der Waals surface area contributed by atoms with Crippen molar-refractivity contribution >= 4 is 173 Å². The first kappa shape index (κ1) is 70.5. The van der Waals surface area contributed by atoms with E-state index >= 15 is 0 Å². The first-order chi connectivity index (χ1) is 33.0. The van der Waals surface area contributed by atoms with Crippen molar-refractivity contribution < 1.29 is 178 Å². The van der Waals surface area contributed by atoms with E-state index in [1.54, 1.807) is 37.3 Å². The summed E-state index contributed by atoms with van der Waals surface area (Å²) >= 11 is 5.22. The SMILES string of the molecule is Cc1cc(Nc2nc(F)nc(Nc3ccc([N+](C)(C)C)cc3)n2)ccc1N=Nc1ccc(N=Nc2cc(S(=O)(=O)[O-])c3cc(SOO[O-])cc(S(=O)(=O)[O-])c3c2)c2cc(SOO[O-])ccc12.PI(I)I.[Na+].[Na+].[Na+].[Na+]. The fraction of sp³-hybridized carbons (Fsp3) is 0.103. The van der Waals surface area contributed by atoms with Crippen molar-refractivity contribution in [1.29, 1.82) is 0 Å². The van der Waals surface area contributed by atoms with Gasteiger partial charge in [-0.1, -0.05) is 6.07 Å². The quantitative estimate of drug-likeness (QED) is 0.0120. The first-order valence-electron chi connectivity index (χ1n) is 19.0. The van der Waals surface area contributed by atoms with Crippen molar-refractivity contribution in [2.45, 2.75) is 26.5 Å². The van der Waals surface area contributed by atoms with E-state index in [0.717, 1.165) is 30.0 Å². The van der Waals surface area contributed by atoms with Crippen LogP contribution in [0.2, 0.25) is 0 Å². The number of quaternary nitrogens is 1. The summed E-state index contributed by atoms with van der Waals surface area (Å²) in [5, 5.41) is 50.6. The molecule has 0 saturated carbocycles. The number of nitrogens with one attached hydrogen (secondary N) is 2. The van der Waals surface area contributed by atoms with Gasteiger partial charge < -0.3 is 30.3 Å². The molecular formula is C39H32FI3N10Na4O12PS4+. The van der Waals surface area contributed by atoms with E-state index in [2.05, 4.69) is 109 Å². The fourth-order valence-electron chi connectivity index (χ4n) is 6.28. The molecule has 7 rings (SSSR count). The Kier molecular flexibility index (Phi) is 30.7. The van der Waals surface area contributed by atoms with Gasteiger partial charge in [0.1, 0.15) is 25.9 Å². The molecule has 1 heterocycles. The topological polar surface area (TPSA) is 310 Å². The molecule has 35 heteroatoms. The van der Waals surface area contributed by atoms with Gasteiger partial charge in [0.05, 0.1) is 77.8 Å². The summed E-state index contributed by atoms with van der Waals surface area (Å²) in [6.07, 6.45) is -1.00. The number of benzene rings is 6. The third kappa shape index (κ3) is 20.8. The zero-order valence-corrected chi connectivity index (χ0v) is 58.8. The minimum Gasteiger partial charge on any atom is 1.00 e. The van der Waals surface area contributed by atoms with E-state index in [-0.39, 0.29) is 158 Å². The monoisotopic (exact) mass is 1480 g/mol. The number of aromatic nitrogens is 3. The predicted octanol–water partition coefficient (Wildman–Crippen LogP) is -1.59. The number of fused-ring (bicyclic) bond motifs is 2. The first-order valence-corrected chi connectivity index (χ1v) is 40.0. The third-order valence-electron chi connectivity index (χ3n) is 9.25. The average molecular weight is 1480 g/mol. The minimum absolute atomic E-state index is 0. The molecule has 0 spiro atoms. The van der Waals surface area contributed by atoms with Crippen molar-refractivity contribution in [1.82, 2.24) is 19.4 Å². The maximum absolute atomic E-state index is 14.5. The molecular weight excluding hydrogens is 1450 g/mol. The fourth-order valence-corrected chi connectivity index (χ4v) is 8.60. The molecule has 0 radical (unpaired) electrons. The number of anilines is 4. The van der Waals surface area contributed by atoms with Gasteiger partial charge in [-0.3, -0.25) is 14.6 Å². The van der Waals surface area contributed by atoms with Crippen molar-refractivity contribution in [2.24, 2.45) is 20.5 Å². The molecule has 74 heavy (non-hydrogen) atoms. The molecule has 0 saturated heterocycles. The maximum Gasteiger partial charge on any atom is 1.00 e. The van der Waals surface area contributed by atoms with Crippen LogP contribution in [-0.2, 0) is 39.0 Å². The number of hydrogen-bond acceptors (Lipinski definition) is 23. The third-order valence-corrected chi connectivity index (χ3v) is 12.1. The van der Waals surface area contributed by atoms with Crippen LogP contribution in [0, 0.1) is 13.0 Å². The summed E-state index contributed by atoms with van der Waals surface area (Å²) in [5.74, 6) is -0.0683. The Balaban J connectivity index is 0.00000226. The van der Waals surface area contributed by atoms with Gasteiger partial charge in [-0.25, -0.2) is 16.8 Å². The van der Waals surface area contributed by atoms with Crippen LogP contribution >= 0.6 is 79.5 Å². The maximum atomic E-state index is 14.5. The molecule has 1 unspecified atom stereocenters. The van der Waals surface area contributed by atoms with E-state index in [4.69, 9.17) is 0 Å². The molecule has 6 aromatic carbocycles. The van der Waals surface area contributed by atoms with Crippen LogP contribution < -0.4 is 144 Å². The Morgan fingerprint density at radius 2 is 1.09 bits per heavy atom. The molecule has 0 aliphatic heterocycles. The summed E-state index contributed by atoms with van der Waals surface area (Å²) in [7, 11) is -4.58. The Morgan fingerprint density at radius 1 is 0.622 bits per heavy atom. The molecule has 370 valence electrons. The molecule has 7 aromatic rings. The summed E-state index contributed by atoms with van der Waals surface area (Å²) in [6.45, 7) is 4.56. The molecule has 1 aromatic heterocycles. The van der Waals surface area contributed by atoms with Crippen molar-refractivity contribution in [3.8, 4) is 0 Å². The number of hydrogen-bond donors (Lipinski definition) is 2. The van der Waals surface area contributed by atoms with Gasteiger partial charge in [0.15, 0.2) is 0 Å². The molecule has 0 amide bonds. The van der Waals surface area contributed by atoms with Gasteiger partial charge in [-0.05, 0) is 91.3 Å². The molecule has 0 fully saturated rings. The van der Waals surface area contributed by atoms with Gasteiger partial charge >= 0.3 is 180 Å². The van der Waals surface area contributed by atoms with Gasteiger partial charge in [0.2, 0.25) is 11.9 Å². The largest absolute Gasteiger partial charge is 1.00 e. The van der Waals surface area contributed by atoms with Crippen LogP contribution in [0.4, 0.5) is 56.1 Å². The second kappa shape index (κ2) is 32.2. The number of rotatable bonds is 17. The van der Waals surface area contributed by atoms with Crippen molar-refractivity contribution in [2.75, 3.05) is 31.8 Å². The summed E-state index contributed by atoms with van der Waals surface area (Å²) in [4.78, 5) is 10.0. The number of azo groups is 2. The molecule has 2 N–H and O–H groups in total. The number of aryl methyl sites for hydroxylation is 1. The summed E-state index contributed by atoms with van der Waals surface area (Å²) in [6, 6.07) is 23.9. The second-order valence-corrected chi connectivity index (χ2v) is 57.4. The molecule has 1 atom stereocenters. The van der Waals surface area contributed by atoms with E-state index in [0.29, 0.717) is 60.5 Å². The van der Waals surface area contributed by atoms with Crippen LogP contribution in [0.1, 0.15) is 5.56 Å². The number of nitrogens with zero attached hydrogens (tertiary/aromatic N) is 8. The van der Waals surface area contributed by atoms with Crippen LogP contribution in [0.5, 0.6) is 0 Å². The summed E-state index contributed by atoms with van der Waals surface area (Å²) < 4.78 is 97.9. The van der Waals surface area contributed by atoms with Crippen LogP contribution in [-0.4, -0.2) is 62.0 Å². The van der Waals surface area contributed by atoms with Gasteiger partial charge in [0, 0.05) is 54.8 Å². The van der Waals surface area contributed by atoms with E-state index in [1.807, 2.05) is 45.4 Å². The van der Waals surface area contributed by atoms with Crippen LogP contribution in [0.3, 0.4) is 0 Å². The van der Waals surface area contributed by atoms with Gasteiger partial charge in [0.25, 0.3) is 0 Å². The normalized spacial score (nSPS) is 11.8. The Hall–Kier alpha value is 0.440. The zero-order chi connectivity index (χ0) is 51.0. The molecule has 0 aliphatic rings. The van der Waals surface area contributed by atoms with Crippen molar-refractivity contribution in [3.63, 3.8) is 0 Å². The van der Waals surface area contributed by atoms with Crippen LogP contribution in [0.15, 0.2) is 137 Å². The smallest absolute Gasteiger partial charge is 1.00 e. The van der Waals surface area contributed by atoms with Gasteiger partial charge in [-0.15, -0.1) is 10.2 Å². The predicted molar refractivity (Wildman–Crippen MR) is 284 cm³/mol. The minimum atomic E-state index is -5.35. The molecule has 22 nitrogen and oxygen atoms in total. The zero-order valence-electron chi connectivity index (χ0n) is 39.9.